The van der Waals surface area contributed by atoms with Crippen LogP contribution in [0.25, 0.3) is 0 Å². The van der Waals surface area contributed by atoms with E-state index in [2.05, 4.69) is 41.5 Å². The first-order valence-electron chi connectivity index (χ1n) is 6.30. The Morgan fingerprint density at radius 2 is 1.07 bits per heavy atom. The number of hydrogen-bond donors (Lipinski definition) is 0. The molecule has 1 aliphatic heterocycles. The topological polar surface area (TPSA) is 9.23 Å². The summed E-state index contributed by atoms with van der Waals surface area (Å²) in [6.45, 7) is 16.2. The van der Waals surface area contributed by atoms with Crippen LogP contribution in [0.5, 0.6) is 0 Å². The smallest absolute Gasteiger partial charge is 0.0468 e. The van der Waals surface area contributed by atoms with Crippen LogP contribution in [0.1, 0.15) is 54.4 Å². The number of rotatable bonds is 0. The maximum absolute atomic E-state index is 5.65. The van der Waals surface area contributed by atoms with Crippen LogP contribution in [0.15, 0.2) is 0 Å². The van der Waals surface area contributed by atoms with E-state index in [1.54, 1.807) is 0 Å². The maximum Gasteiger partial charge on any atom is 0.0468 e. The van der Waals surface area contributed by atoms with Crippen LogP contribution in [-0.2, 0) is 4.74 Å². The fraction of sp³-hybridized carbons (Fsp3) is 1.00. The van der Waals surface area contributed by atoms with Crippen LogP contribution in [0.4, 0.5) is 0 Å². The van der Waals surface area contributed by atoms with Crippen molar-refractivity contribution in [1.29, 1.82) is 0 Å². The third-order valence-corrected chi connectivity index (χ3v) is 3.86. The lowest BCUT2D eigenvalue weighted by atomic mass is 9.62. The van der Waals surface area contributed by atoms with E-state index in [4.69, 9.17) is 4.74 Å². The molecule has 0 aromatic heterocycles. The van der Waals surface area contributed by atoms with Gasteiger partial charge >= 0.3 is 0 Å². The Morgan fingerprint density at radius 3 is 1.33 bits per heavy atom. The van der Waals surface area contributed by atoms with Gasteiger partial charge in [-0.1, -0.05) is 41.5 Å². The van der Waals surface area contributed by atoms with Crippen LogP contribution < -0.4 is 0 Å². The van der Waals surface area contributed by atoms with Crippen molar-refractivity contribution in [2.24, 2.45) is 22.7 Å². The van der Waals surface area contributed by atoms with Gasteiger partial charge in [0.25, 0.3) is 0 Å². The molecule has 0 aromatic rings. The van der Waals surface area contributed by atoms with Crippen LogP contribution >= 0.6 is 0 Å². The molecule has 90 valence electrons. The van der Waals surface area contributed by atoms with E-state index in [0.29, 0.717) is 10.8 Å². The first kappa shape index (κ1) is 13.0. The van der Waals surface area contributed by atoms with Crippen molar-refractivity contribution in [2.45, 2.75) is 54.4 Å². The highest BCUT2D eigenvalue weighted by atomic mass is 16.5. The van der Waals surface area contributed by atoms with E-state index in [1.807, 2.05) is 0 Å². The molecule has 0 amide bonds. The molecule has 2 atom stereocenters. The lowest BCUT2D eigenvalue weighted by Gasteiger charge is -2.42. The Labute approximate surface area is 95.6 Å². The molecule has 0 aromatic carbocycles. The number of hydrogen-bond acceptors (Lipinski definition) is 1. The van der Waals surface area contributed by atoms with Gasteiger partial charge in [-0.2, -0.15) is 0 Å². The SMILES string of the molecule is CC(C)(C)C1CCOCC[C@@H]1C(C)(C)C. The third kappa shape index (κ3) is 3.48. The summed E-state index contributed by atoms with van der Waals surface area (Å²) in [5.74, 6) is 1.58. The summed E-state index contributed by atoms with van der Waals surface area (Å²) in [6, 6.07) is 0. The summed E-state index contributed by atoms with van der Waals surface area (Å²) in [5, 5.41) is 0. The van der Waals surface area contributed by atoms with Gasteiger partial charge in [0.05, 0.1) is 0 Å². The minimum atomic E-state index is 0.408. The highest BCUT2D eigenvalue weighted by molar-refractivity contribution is 4.88. The summed E-state index contributed by atoms with van der Waals surface area (Å²) in [4.78, 5) is 0. The summed E-state index contributed by atoms with van der Waals surface area (Å²) in [6.07, 6.45) is 2.46. The fourth-order valence-corrected chi connectivity index (χ4v) is 3.00. The van der Waals surface area contributed by atoms with Gasteiger partial charge in [0.15, 0.2) is 0 Å². The second-order valence-corrected chi connectivity index (χ2v) is 7.13. The van der Waals surface area contributed by atoms with Crippen molar-refractivity contribution < 1.29 is 4.74 Å². The zero-order valence-corrected chi connectivity index (χ0v) is 11.4. The van der Waals surface area contributed by atoms with Gasteiger partial charge in [0, 0.05) is 13.2 Å². The molecule has 1 nitrogen and oxygen atoms in total. The van der Waals surface area contributed by atoms with E-state index in [9.17, 15) is 0 Å². The summed E-state index contributed by atoms with van der Waals surface area (Å²) >= 11 is 0. The fourth-order valence-electron chi connectivity index (χ4n) is 3.00. The molecule has 1 heterocycles. The molecule has 1 saturated heterocycles. The monoisotopic (exact) mass is 212 g/mol. The van der Waals surface area contributed by atoms with Gasteiger partial charge in [-0.15, -0.1) is 0 Å². The zero-order valence-electron chi connectivity index (χ0n) is 11.4. The molecular formula is C14H28O. The molecule has 0 aliphatic carbocycles. The molecule has 1 aliphatic rings. The van der Waals surface area contributed by atoms with Crippen LogP contribution in [0.3, 0.4) is 0 Å². The molecule has 0 bridgehead atoms. The summed E-state index contributed by atoms with van der Waals surface area (Å²) in [5.41, 5.74) is 0.817. The first-order valence-corrected chi connectivity index (χ1v) is 6.30. The molecule has 1 heteroatoms. The highest BCUT2D eigenvalue weighted by Gasteiger charge is 2.39. The average molecular weight is 212 g/mol. The second-order valence-electron chi connectivity index (χ2n) is 7.13. The van der Waals surface area contributed by atoms with E-state index in [0.717, 1.165) is 25.0 Å². The Hall–Kier alpha value is -0.0400. The second kappa shape index (κ2) is 4.45. The quantitative estimate of drug-likeness (QED) is 0.587. The van der Waals surface area contributed by atoms with Crippen molar-refractivity contribution >= 4 is 0 Å². The third-order valence-electron chi connectivity index (χ3n) is 3.86. The first-order chi connectivity index (χ1) is 6.73. The van der Waals surface area contributed by atoms with Crippen molar-refractivity contribution in [3.8, 4) is 0 Å². The van der Waals surface area contributed by atoms with Crippen LogP contribution in [0, 0.1) is 22.7 Å². The molecule has 1 rings (SSSR count). The lowest BCUT2D eigenvalue weighted by molar-refractivity contribution is 0.0684. The van der Waals surface area contributed by atoms with Gasteiger partial charge in [-0.3, -0.25) is 0 Å². The molecule has 15 heavy (non-hydrogen) atoms. The van der Waals surface area contributed by atoms with Crippen molar-refractivity contribution in [1.82, 2.24) is 0 Å². The standard InChI is InChI=1S/C14H28O/c1-13(2,3)11-7-9-15-10-8-12(11)14(4,5)6/h11-12H,7-10H2,1-6H3/t11-,12?/m0/s1. The Morgan fingerprint density at radius 1 is 0.733 bits per heavy atom. The highest BCUT2D eigenvalue weighted by Crippen LogP contribution is 2.45. The van der Waals surface area contributed by atoms with Gasteiger partial charge in [0.1, 0.15) is 0 Å². The predicted molar refractivity (Wildman–Crippen MR) is 65.9 cm³/mol. The molecule has 0 N–H and O–H groups in total. The molecule has 0 saturated carbocycles. The normalized spacial score (nSPS) is 30.0. The van der Waals surface area contributed by atoms with E-state index in [-0.39, 0.29) is 0 Å². The zero-order chi connectivity index (χ0) is 11.7. The molecule has 1 unspecified atom stereocenters. The van der Waals surface area contributed by atoms with E-state index < -0.39 is 0 Å². The van der Waals surface area contributed by atoms with Crippen molar-refractivity contribution in [3.05, 3.63) is 0 Å². The molecule has 1 fully saturated rings. The van der Waals surface area contributed by atoms with Gasteiger partial charge in [-0.05, 0) is 35.5 Å². The van der Waals surface area contributed by atoms with Gasteiger partial charge in [0.2, 0.25) is 0 Å². The molecular weight excluding hydrogens is 184 g/mol. The van der Waals surface area contributed by atoms with Crippen LogP contribution in [0.2, 0.25) is 0 Å². The van der Waals surface area contributed by atoms with Crippen LogP contribution in [-0.4, -0.2) is 13.2 Å². The lowest BCUT2D eigenvalue weighted by Crippen LogP contribution is -2.35. The van der Waals surface area contributed by atoms with Gasteiger partial charge < -0.3 is 4.74 Å². The largest absolute Gasteiger partial charge is 0.381 e. The Kier molecular flexibility index (Phi) is 3.86. The maximum atomic E-state index is 5.65. The molecule has 0 spiro atoms. The van der Waals surface area contributed by atoms with E-state index >= 15 is 0 Å². The van der Waals surface area contributed by atoms with Gasteiger partial charge in [-0.25, -0.2) is 0 Å². The minimum absolute atomic E-state index is 0.408. The average Bonchev–Trinajstić information content (AvgIpc) is 2.24. The summed E-state index contributed by atoms with van der Waals surface area (Å²) in [7, 11) is 0. The summed E-state index contributed by atoms with van der Waals surface area (Å²) < 4.78 is 5.65. The molecule has 0 radical (unpaired) electrons. The van der Waals surface area contributed by atoms with E-state index in [1.165, 1.54) is 12.8 Å². The Bertz CT molecular complexity index is 172. The number of ether oxygens (including phenoxy) is 1. The van der Waals surface area contributed by atoms with Crippen molar-refractivity contribution in [3.63, 3.8) is 0 Å². The minimum Gasteiger partial charge on any atom is -0.381 e. The van der Waals surface area contributed by atoms with Crippen molar-refractivity contribution in [2.75, 3.05) is 13.2 Å². The predicted octanol–water partition coefficient (Wildman–Crippen LogP) is 4.12. The Balaban J connectivity index is 2.86.